The molecule has 0 radical (unpaired) electrons. The molecule has 0 atom stereocenters. The van der Waals surface area contributed by atoms with Crippen molar-refractivity contribution in [1.29, 1.82) is 0 Å². The minimum Gasteiger partial charge on any atom is -0.492 e. The minimum absolute atomic E-state index is 0.230. The first-order chi connectivity index (χ1) is 6.92. The first-order valence-electron chi connectivity index (χ1n) is 4.26. The van der Waals surface area contributed by atoms with E-state index in [9.17, 15) is 8.42 Å². The van der Waals surface area contributed by atoms with E-state index in [-0.39, 0.29) is 5.75 Å². The molecule has 0 heterocycles. The predicted octanol–water partition coefficient (Wildman–Crippen LogP) is 2.81. The van der Waals surface area contributed by atoms with Crippen LogP contribution in [-0.4, -0.2) is 15.0 Å². The van der Waals surface area contributed by atoms with Crippen LogP contribution in [0.1, 0.15) is 12.5 Å². The van der Waals surface area contributed by atoms with Crippen molar-refractivity contribution in [2.75, 3.05) is 6.61 Å². The molecule has 0 saturated carbocycles. The summed E-state index contributed by atoms with van der Waals surface area (Å²) in [5.41, 5.74) is 0.554. The molecule has 0 amide bonds. The highest BCUT2D eigenvalue weighted by atomic mass is 35.7. The summed E-state index contributed by atoms with van der Waals surface area (Å²) in [6.45, 7) is 2.29. The average Bonchev–Trinajstić information content (AvgIpc) is 2.09. The SMILES string of the molecule is CCOc1cc(CS(=O)(=O)Cl)ccc1Cl. The largest absolute Gasteiger partial charge is 0.492 e. The molecule has 84 valence electrons. The molecule has 6 heteroatoms. The lowest BCUT2D eigenvalue weighted by Gasteiger charge is -2.07. The Labute approximate surface area is 98.4 Å². The molecule has 1 aromatic carbocycles. The first kappa shape index (κ1) is 12.6. The third-order valence-corrected chi connectivity index (χ3v) is 2.95. The van der Waals surface area contributed by atoms with Crippen LogP contribution in [0.15, 0.2) is 18.2 Å². The number of ether oxygens (including phenoxy) is 1. The summed E-state index contributed by atoms with van der Waals surface area (Å²) < 4.78 is 26.9. The zero-order chi connectivity index (χ0) is 11.5. The fourth-order valence-corrected chi connectivity index (χ4v) is 2.23. The summed E-state index contributed by atoms with van der Waals surface area (Å²) in [5.74, 6) is 0.239. The molecule has 0 unspecified atom stereocenters. The summed E-state index contributed by atoms with van der Waals surface area (Å²) in [6, 6.07) is 4.76. The molecule has 0 aromatic heterocycles. The Kier molecular flexibility index (Phi) is 4.25. The van der Waals surface area contributed by atoms with E-state index in [2.05, 4.69) is 0 Å². The van der Waals surface area contributed by atoms with Gasteiger partial charge < -0.3 is 4.74 Å². The monoisotopic (exact) mass is 268 g/mol. The lowest BCUT2D eigenvalue weighted by Crippen LogP contribution is -1.97. The van der Waals surface area contributed by atoms with Gasteiger partial charge >= 0.3 is 0 Å². The Bertz CT molecular complexity index is 443. The van der Waals surface area contributed by atoms with E-state index >= 15 is 0 Å². The maximum atomic E-state index is 10.8. The minimum atomic E-state index is -3.55. The van der Waals surface area contributed by atoms with Crippen molar-refractivity contribution in [3.63, 3.8) is 0 Å². The Morgan fingerprint density at radius 1 is 1.40 bits per heavy atom. The third kappa shape index (κ3) is 4.28. The predicted molar refractivity (Wildman–Crippen MR) is 61.1 cm³/mol. The lowest BCUT2D eigenvalue weighted by molar-refractivity contribution is 0.340. The van der Waals surface area contributed by atoms with Crippen molar-refractivity contribution in [1.82, 2.24) is 0 Å². The van der Waals surface area contributed by atoms with Gasteiger partial charge in [-0.2, -0.15) is 0 Å². The van der Waals surface area contributed by atoms with Gasteiger partial charge in [0, 0.05) is 10.7 Å². The molecular formula is C9H10Cl2O3S. The van der Waals surface area contributed by atoms with Gasteiger partial charge in [-0.25, -0.2) is 8.42 Å². The van der Waals surface area contributed by atoms with Crippen molar-refractivity contribution >= 4 is 31.3 Å². The third-order valence-electron chi connectivity index (χ3n) is 1.63. The highest BCUT2D eigenvalue weighted by Gasteiger charge is 2.09. The Morgan fingerprint density at radius 3 is 2.60 bits per heavy atom. The summed E-state index contributed by atoms with van der Waals surface area (Å²) in [6.07, 6.45) is 0. The molecule has 0 aliphatic heterocycles. The van der Waals surface area contributed by atoms with Gasteiger partial charge in [0.1, 0.15) is 5.75 Å². The van der Waals surface area contributed by atoms with Gasteiger partial charge in [-0.1, -0.05) is 17.7 Å². The Hall–Kier alpha value is -0.450. The molecule has 0 fully saturated rings. The van der Waals surface area contributed by atoms with Gasteiger partial charge in [-0.05, 0) is 24.6 Å². The van der Waals surface area contributed by atoms with Crippen LogP contribution in [-0.2, 0) is 14.8 Å². The highest BCUT2D eigenvalue weighted by Crippen LogP contribution is 2.26. The van der Waals surface area contributed by atoms with Crippen molar-refractivity contribution in [3.8, 4) is 5.75 Å². The number of hydrogen-bond acceptors (Lipinski definition) is 3. The zero-order valence-corrected chi connectivity index (χ0v) is 10.4. The van der Waals surface area contributed by atoms with E-state index < -0.39 is 9.05 Å². The smallest absolute Gasteiger partial charge is 0.236 e. The molecule has 15 heavy (non-hydrogen) atoms. The van der Waals surface area contributed by atoms with Gasteiger partial charge in [0.05, 0.1) is 17.4 Å². The van der Waals surface area contributed by atoms with Gasteiger partial charge in [-0.15, -0.1) is 0 Å². The van der Waals surface area contributed by atoms with E-state index in [0.717, 1.165) is 0 Å². The van der Waals surface area contributed by atoms with Crippen LogP contribution in [0, 0.1) is 0 Å². The van der Waals surface area contributed by atoms with E-state index in [1.165, 1.54) is 0 Å². The van der Waals surface area contributed by atoms with Crippen molar-refractivity contribution in [3.05, 3.63) is 28.8 Å². The van der Waals surface area contributed by atoms with Crippen molar-refractivity contribution < 1.29 is 13.2 Å². The molecule has 1 rings (SSSR count). The quantitative estimate of drug-likeness (QED) is 0.789. The van der Waals surface area contributed by atoms with E-state index in [0.29, 0.717) is 22.9 Å². The second kappa shape index (κ2) is 5.05. The maximum absolute atomic E-state index is 10.8. The summed E-state index contributed by atoms with van der Waals surface area (Å²) >= 11 is 5.84. The molecule has 0 aliphatic carbocycles. The van der Waals surface area contributed by atoms with Gasteiger partial charge in [0.15, 0.2) is 0 Å². The van der Waals surface area contributed by atoms with Crippen LogP contribution < -0.4 is 4.74 Å². The standard InChI is InChI=1S/C9H10Cl2O3S/c1-2-14-9-5-7(3-4-8(9)10)6-15(11,12)13/h3-5H,2,6H2,1H3. The second-order valence-corrected chi connectivity index (χ2v) is 6.07. The Balaban J connectivity index is 2.97. The fourth-order valence-electron chi connectivity index (χ4n) is 1.10. The van der Waals surface area contributed by atoms with Crippen LogP contribution in [0.25, 0.3) is 0 Å². The molecule has 0 aliphatic rings. The summed E-state index contributed by atoms with van der Waals surface area (Å²) in [5, 5.41) is 0.451. The summed E-state index contributed by atoms with van der Waals surface area (Å²) in [4.78, 5) is 0. The number of hydrogen-bond donors (Lipinski definition) is 0. The molecule has 0 N–H and O–H groups in total. The van der Waals surface area contributed by atoms with Gasteiger partial charge in [0.25, 0.3) is 0 Å². The number of halogens is 2. The average molecular weight is 269 g/mol. The van der Waals surface area contributed by atoms with Gasteiger partial charge in [-0.3, -0.25) is 0 Å². The maximum Gasteiger partial charge on any atom is 0.236 e. The fraction of sp³-hybridized carbons (Fsp3) is 0.333. The molecule has 0 saturated heterocycles. The molecule has 1 aromatic rings. The van der Waals surface area contributed by atoms with Crippen LogP contribution in [0.5, 0.6) is 5.75 Å². The van der Waals surface area contributed by atoms with Crippen molar-refractivity contribution in [2.45, 2.75) is 12.7 Å². The normalized spacial score (nSPS) is 11.4. The topological polar surface area (TPSA) is 43.4 Å². The zero-order valence-electron chi connectivity index (χ0n) is 8.04. The van der Waals surface area contributed by atoms with Crippen molar-refractivity contribution in [2.24, 2.45) is 0 Å². The lowest BCUT2D eigenvalue weighted by atomic mass is 10.2. The second-order valence-electron chi connectivity index (χ2n) is 2.88. The van der Waals surface area contributed by atoms with E-state index in [4.69, 9.17) is 27.0 Å². The van der Waals surface area contributed by atoms with Crippen LogP contribution >= 0.6 is 22.3 Å². The first-order valence-corrected chi connectivity index (χ1v) is 7.11. The number of benzene rings is 1. The summed E-state index contributed by atoms with van der Waals surface area (Å²) in [7, 11) is 1.59. The van der Waals surface area contributed by atoms with Crippen LogP contribution in [0.2, 0.25) is 5.02 Å². The highest BCUT2D eigenvalue weighted by molar-refractivity contribution is 8.13. The molecule has 3 nitrogen and oxygen atoms in total. The van der Waals surface area contributed by atoms with Gasteiger partial charge in [0.2, 0.25) is 9.05 Å². The Morgan fingerprint density at radius 2 is 2.07 bits per heavy atom. The van der Waals surface area contributed by atoms with Crippen LogP contribution in [0.4, 0.5) is 0 Å². The van der Waals surface area contributed by atoms with Crippen LogP contribution in [0.3, 0.4) is 0 Å². The van der Waals surface area contributed by atoms with E-state index in [1.807, 2.05) is 6.92 Å². The molecule has 0 bridgehead atoms. The molecule has 0 spiro atoms. The van der Waals surface area contributed by atoms with E-state index in [1.54, 1.807) is 18.2 Å². The molecular weight excluding hydrogens is 259 g/mol. The number of rotatable bonds is 4.